The predicted molar refractivity (Wildman–Crippen MR) is 118 cm³/mol. The third kappa shape index (κ3) is 4.83. The second-order valence-electron chi connectivity index (χ2n) is 6.51. The number of nitrogens with zero attached hydrogens (tertiary/aromatic N) is 3. The molecule has 0 bridgehead atoms. The van der Waals surface area contributed by atoms with Crippen LogP contribution in [0, 0.1) is 11.6 Å². The zero-order valence-corrected chi connectivity index (χ0v) is 17.4. The lowest BCUT2D eigenvalue weighted by molar-refractivity contribution is -0.116. The maximum absolute atomic E-state index is 14.1. The van der Waals surface area contributed by atoms with E-state index in [1.165, 1.54) is 22.7 Å². The molecule has 0 aliphatic rings. The molecule has 0 unspecified atom stereocenters. The summed E-state index contributed by atoms with van der Waals surface area (Å²) in [5.41, 5.74) is 1.88. The molecule has 2 heterocycles. The van der Waals surface area contributed by atoms with Crippen molar-refractivity contribution in [1.82, 2.24) is 9.97 Å². The van der Waals surface area contributed by atoms with Crippen LogP contribution in [0.25, 0.3) is 10.2 Å². The van der Waals surface area contributed by atoms with Gasteiger partial charge in [-0.3, -0.25) is 14.7 Å². The molecule has 0 radical (unpaired) electrons. The van der Waals surface area contributed by atoms with Gasteiger partial charge in [0, 0.05) is 18.0 Å². The van der Waals surface area contributed by atoms with Crippen LogP contribution in [0.2, 0.25) is 0 Å². The van der Waals surface area contributed by atoms with Gasteiger partial charge in [0.05, 0.1) is 22.7 Å². The fourth-order valence-corrected chi connectivity index (χ4v) is 4.77. The van der Waals surface area contributed by atoms with Gasteiger partial charge in [-0.2, -0.15) is 0 Å². The number of thioether (sulfide) groups is 1. The summed E-state index contributed by atoms with van der Waals surface area (Å²) in [5, 5.41) is 0.325. The van der Waals surface area contributed by atoms with Gasteiger partial charge in [0.1, 0.15) is 11.3 Å². The van der Waals surface area contributed by atoms with Gasteiger partial charge in [0.15, 0.2) is 10.9 Å². The van der Waals surface area contributed by atoms with Crippen LogP contribution in [-0.2, 0) is 17.1 Å². The quantitative estimate of drug-likeness (QED) is 0.383. The van der Waals surface area contributed by atoms with Crippen molar-refractivity contribution in [3.63, 3.8) is 0 Å². The van der Waals surface area contributed by atoms with E-state index in [0.717, 1.165) is 23.0 Å². The molecule has 152 valence electrons. The minimum absolute atomic E-state index is 0.0622. The van der Waals surface area contributed by atoms with Gasteiger partial charge >= 0.3 is 0 Å². The van der Waals surface area contributed by atoms with Crippen LogP contribution in [0.4, 0.5) is 13.9 Å². The Morgan fingerprint density at radius 3 is 2.63 bits per heavy atom. The van der Waals surface area contributed by atoms with E-state index >= 15 is 0 Å². The number of hydrogen-bond acceptors (Lipinski definition) is 5. The average Bonchev–Trinajstić information content (AvgIpc) is 3.17. The number of pyridine rings is 1. The van der Waals surface area contributed by atoms with Gasteiger partial charge in [-0.15, -0.1) is 11.8 Å². The zero-order valence-electron chi connectivity index (χ0n) is 15.8. The molecule has 4 nitrogen and oxygen atoms in total. The van der Waals surface area contributed by atoms with Gasteiger partial charge in [-0.25, -0.2) is 13.8 Å². The maximum Gasteiger partial charge on any atom is 0.239 e. The number of carbonyl (C=O) groups is 1. The van der Waals surface area contributed by atoms with E-state index in [1.807, 2.05) is 42.5 Å². The maximum atomic E-state index is 14.1. The van der Waals surface area contributed by atoms with Crippen LogP contribution in [0.15, 0.2) is 66.9 Å². The summed E-state index contributed by atoms with van der Waals surface area (Å²) in [5.74, 6) is -0.646. The molecule has 4 rings (SSSR count). The Balaban J connectivity index is 1.57. The molecule has 2 aromatic heterocycles. The standard InChI is InChI=1S/C22H17F2N3OS2/c23-16-10-18(24)21-19(11-16)30-22(26-21)27(12-17-8-4-5-9-25-17)20(28)14-29-13-15-6-2-1-3-7-15/h1-11H,12-14H2. The number of halogens is 2. The lowest BCUT2D eigenvalue weighted by Crippen LogP contribution is -2.32. The molecule has 8 heteroatoms. The number of aromatic nitrogens is 2. The molecule has 0 aliphatic carbocycles. The lowest BCUT2D eigenvalue weighted by Gasteiger charge is -2.19. The number of benzene rings is 2. The zero-order chi connectivity index (χ0) is 20.9. The Hall–Kier alpha value is -2.84. The summed E-state index contributed by atoms with van der Waals surface area (Å²) in [7, 11) is 0. The number of fused-ring (bicyclic) bond motifs is 1. The fourth-order valence-electron chi connectivity index (χ4n) is 2.89. The van der Waals surface area contributed by atoms with Gasteiger partial charge in [0.25, 0.3) is 0 Å². The highest BCUT2D eigenvalue weighted by molar-refractivity contribution is 7.99. The minimum Gasteiger partial charge on any atom is -0.281 e. The van der Waals surface area contributed by atoms with Crippen molar-refractivity contribution in [3.8, 4) is 0 Å². The highest BCUT2D eigenvalue weighted by Gasteiger charge is 2.22. The summed E-state index contributed by atoms with van der Waals surface area (Å²) in [6, 6.07) is 17.3. The number of carbonyl (C=O) groups excluding carboxylic acids is 1. The molecule has 1 amide bonds. The Morgan fingerprint density at radius 1 is 1.07 bits per heavy atom. The second kappa shape index (κ2) is 9.32. The van der Waals surface area contributed by atoms with Crippen molar-refractivity contribution in [3.05, 3.63) is 89.8 Å². The highest BCUT2D eigenvalue weighted by Crippen LogP contribution is 2.32. The SMILES string of the molecule is O=C(CSCc1ccccc1)N(Cc1ccccn1)c1nc2c(F)cc(F)cc2s1. The normalized spacial score (nSPS) is 11.0. The molecular formula is C22H17F2N3OS2. The molecule has 4 aromatic rings. The molecule has 0 atom stereocenters. The summed E-state index contributed by atoms with van der Waals surface area (Å²) in [4.78, 5) is 23.1. The third-order valence-corrected chi connectivity index (χ3v) is 6.33. The minimum atomic E-state index is -0.740. The number of hydrogen-bond donors (Lipinski definition) is 0. The van der Waals surface area contributed by atoms with Crippen LogP contribution in [0.5, 0.6) is 0 Å². The van der Waals surface area contributed by atoms with E-state index in [1.54, 1.807) is 12.3 Å². The molecular weight excluding hydrogens is 424 g/mol. The van der Waals surface area contributed by atoms with E-state index in [2.05, 4.69) is 9.97 Å². The van der Waals surface area contributed by atoms with Crippen LogP contribution in [0.1, 0.15) is 11.3 Å². The molecule has 0 saturated carbocycles. The molecule has 0 saturated heterocycles. The first-order valence-corrected chi connectivity index (χ1v) is 11.1. The number of amides is 1. The van der Waals surface area contributed by atoms with Crippen molar-refractivity contribution in [2.45, 2.75) is 12.3 Å². The van der Waals surface area contributed by atoms with Crippen molar-refractivity contribution in [1.29, 1.82) is 0 Å². The second-order valence-corrected chi connectivity index (χ2v) is 8.50. The number of thiazole rings is 1. The van der Waals surface area contributed by atoms with Crippen LogP contribution >= 0.6 is 23.1 Å². The Bertz CT molecular complexity index is 1150. The monoisotopic (exact) mass is 441 g/mol. The van der Waals surface area contributed by atoms with E-state index in [9.17, 15) is 13.6 Å². The van der Waals surface area contributed by atoms with Crippen molar-refractivity contribution >= 4 is 44.4 Å². The van der Waals surface area contributed by atoms with Crippen molar-refractivity contribution in [2.24, 2.45) is 0 Å². The van der Waals surface area contributed by atoms with Gasteiger partial charge < -0.3 is 0 Å². The molecule has 2 aromatic carbocycles. The topological polar surface area (TPSA) is 46.1 Å². The molecule has 0 N–H and O–H groups in total. The van der Waals surface area contributed by atoms with Crippen LogP contribution in [-0.4, -0.2) is 21.6 Å². The Labute approximate surface area is 180 Å². The van der Waals surface area contributed by atoms with Gasteiger partial charge in [-0.1, -0.05) is 47.7 Å². The van der Waals surface area contributed by atoms with Crippen LogP contribution in [0.3, 0.4) is 0 Å². The fraction of sp³-hybridized carbons (Fsp3) is 0.136. The van der Waals surface area contributed by atoms with Crippen molar-refractivity contribution in [2.75, 3.05) is 10.7 Å². The predicted octanol–water partition coefficient (Wildman–Crippen LogP) is 5.44. The Morgan fingerprint density at radius 2 is 1.87 bits per heavy atom. The van der Waals surface area contributed by atoms with E-state index in [4.69, 9.17) is 0 Å². The summed E-state index contributed by atoms with van der Waals surface area (Å²) < 4.78 is 28.1. The first-order valence-electron chi connectivity index (χ1n) is 9.17. The molecule has 0 aliphatic heterocycles. The summed E-state index contributed by atoms with van der Waals surface area (Å²) >= 11 is 2.58. The smallest absolute Gasteiger partial charge is 0.239 e. The first-order chi connectivity index (χ1) is 14.6. The summed E-state index contributed by atoms with van der Waals surface area (Å²) in [6.45, 7) is 0.204. The van der Waals surface area contributed by atoms with Crippen molar-refractivity contribution < 1.29 is 13.6 Å². The van der Waals surface area contributed by atoms with E-state index in [-0.39, 0.29) is 23.7 Å². The van der Waals surface area contributed by atoms with Crippen LogP contribution < -0.4 is 4.90 Å². The largest absolute Gasteiger partial charge is 0.281 e. The van der Waals surface area contributed by atoms with E-state index in [0.29, 0.717) is 21.3 Å². The van der Waals surface area contributed by atoms with Gasteiger partial charge in [-0.05, 0) is 23.8 Å². The molecule has 30 heavy (non-hydrogen) atoms. The highest BCUT2D eigenvalue weighted by atomic mass is 32.2. The third-order valence-electron chi connectivity index (χ3n) is 4.32. The lowest BCUT2D eigenvalue weighted by atomic mass is 10.2. The average molecular weight is 442 g/mol. The first kappa shape index (κ1) is 20.4. The van der Waals surface area contributed by atoms with Gasteiger partial charge in [0.2, 0.25) is 5.91 Å². The van der Waals surface area contributed by atoms with E-state index < -0.39 is 11.6 Å². The number of rotatable bonds is 7. The summed E-state index contributed by atoms with van der Waals surface area (Å²) in [6.07, 6.45) is 1.65. The number of anilines is 1. The Kier molecular flexibility index (Phi) is 6.35. The molecule has 0 spiro atoms. The molecule has 0 fully saturated rings.